The third-order valence-electron chi connectivity index (χ3n) is 2.83. The molecule has 0 aliphatic heterocycles. The van der Waals surface area contributed by atoms with Gasteiger partial charge in [0.25, 0.3) is 0 Å². The van der Waals surface area contributed by atoms with Crippen molar-refractivity contribution in [2.24, 2.45) is 0 Å². The average molecular weight is 229 g/mol. The largest absolute Gasteiger partial charge is 0.347 e. The summed E-state index contributed by atoms with van der Waals surface area (Å²) in [4.78, 5) is 1.28. The van der Waals surface area contributed by atoms with Gasteiger partial charge < -0.3 is 0 Å². The zero-order valence-corrected chi connectivity index (χ0v) is 10.00. The molecule has 0 amide bonds. The van der Waals surface area contributed by atoms with Gasteiger partial charge in [-0.1, -0.05) is 36.1 Å². The molecule has 3 rings (SSSR count). The van der Waals surface area contributed by atoms with E-state index in [4.69, 9.17) is 0 Å². The van der Waals surface area contributed by atoms with Gasteiger partial charge in [-0.15, -0.1) is 0 Å². The van der Waals surface area contributed by atoms with Crippen molar-refractivity contribution in [1.82, 2.24) is 4.40 Å². The lowest BCUT2D eigenvalue weighted by molar-refractivity contribution is -0.632. The molecule has 0 radical (unpaired) electrons. The number of fused-ring (bicyclic) bond motifs is 3. The van der Waals surface area contributed by atoms with E-state index in [9.17, 15) is 0 Å². The molecular weight excluding hydrogens is 216 g/mol. The van der Waals surface area contributed by atoms with Crippen LogP contribution < -0.4 is 4.57 Å². The fourth-order valence-corrected chi connectivity index (χ4v) is 3.19. The minimum absolute atomic E-state index is 0.858. The zero-order valence-electron chi connectivity index (χ0n) is 9.18. The smallest absolute Gasteiger partial charge is 0.210 e. The Kier molecular flexibility index (Phi) is 2.07. The van der Waals surface area contributed by atoms with E-state index < -0.39 is 0 Å². The number of aryl methyl sites for hydroxylation is 1. The lowest BCUT2D eigenvalue weighted by Gasteiger charge is -1.90. The van der Waals surface area contributed by atoms with Crippen molar-refractivity contribution in [3.05, 3.63) is 48.0 Å². The van der Waals surface area contributed by atoms with Crippen LogP contribution in [0.4, 0.5) is 0 Å². The molecular formula is C13H13N2S+. The molecule has 16 heavy (non-hydrogen) atoms. The monoisotopic (exact) mass is 229 g/mol. The van der Waals surface area contributed by atoms with Crippen molar-refractivity contribution in [1.29, 1.82) is 0 Å². The number of benzene rings is 1. The zero-order chi connectivity index (χ0) is 11.1. The summed E-state index contributed by atoms with van der Waals surface area (Å²) >= 11 is 1.78. The third kappa shape index (κ3) is 1.15. The van der Waals surface area contributed by atoms with E-state index in [0.717, 1.165) is 6.54 Å². The number of thiazole rings is 1. The van der Waals surface area contributed by atoms with E-state index in [1.54, 1.807) is 11.3 Å². The quantitative estimate of drug-likeness (QED) is 0.472. The number of nitrogens with zero attached hydrogens (tertiary/aromatic N) is 2. The minimum atomic E-state index is 0.858. The van der Waals surface area contributed by atoms with Crippen LogP contribution in [0.5, 0.6) is 0 Å². The predicted octanol–water partition coefficient (Wildman–Crippen LogP) is 2.94. The Morgan fingerprint density at radius 1 is 1.44 bits per heavy atom. The first-order valence-electron chi connectivity index (χ1n) is 5.31. The summed E-state index contributed by atoms with van der Waals surface area (Å²) in [6.45, 7) is 6.84. The molecule has 2 aromatic heterocycles. The van der Waals surface area contributed by atoms with E-state index in [1.807, 2.05) is 6.08 Å². The van der Waals surface area contributed by atoms with Gasteiger partial charge in [-0.25, -0.2) is 4.57 Å². The fraction of sp³-hybridized carbons (Fsp3) is 0.154. The van der Waals surface area contributed by atoms with Gasteiger partial charge in [-0.3, -0.25) is 0 Å². The van der Waals surface area contributed by atoms with Gasteiger partial charge in [-0.05, 0) is 19.1 Å². The molecule has 0 aliphatic carbocycles. The summed E-state index contributed by atoms with van der Waals surface area (Å²) in [5, 5.41) is 2.20. The van der Waals surface area contributed by atoms with Crippen molar-refractivity contribution in [3.8, 4) is 0 Å². The topological polar surface area (TPSA) is 8.29 Å². The summed E-state index contributed by atoms with van der Waals surface area (Å²) in [7, 11) is 0. The number of hydrogen-bond acceptors (Lipinski definition) is 1. The maximum Gasteiger partial charge on any atom is 0.347 e. The second kappa shape index (κ2) is 3.46. The molecule has 0 saturated heterocycles. The summed E-state index contributed by atoms with van der Waals surface area (Å²) in [5.41, 5.74) is 3.84. The van der Waals surface area contributed by atoms with E-state index >= 15 is 0 Å². The molecule has 3 heteroatoms. The molecule has 2 nitrogen and oxygen atoms in total. The predicted molar refractivity (Wildman–Crippen MR) is 67.9 cm³/mol. The molecule has 0 saturated carbocycles. The fourth-order valence-electron chi connectivity index (χ4n) is 2.16. The van der Waals surface area contributed by atoms with E-state index in [2.05, 4.69) is 52.1 Å². The first kappa shape index (κ1) is 9.60. The van der Waals surface area contributed by atoms with E-state index in [-0.39, 0.29) is 0 Å². The number of hydrogen-bond donors (Lipinski definition) is 0. The number of aromatic nitrogens is 2. The van der Waals surface area contributed by atoms with Crippen LogP contribution in [0, 0.1) is 6.92 Å². The molecule has 0 fully saturated rings. The highest BCUT2D eigenvalue weighted by molar-refractivity contribution is 7.14. The number of allylic oxidation sites excluding steroid dienone is 1. The Bertz CT molecular complexity index is 676. The normalized spacial score (nSPS) is 11.3. The van der Waals surface area contributed by atoms with E-state index in [0.29, 0.717) is 0 Å². The Balaban J connectivity index is 2.54. The van der Waals surface area contributed by atoms with Crippen LogP contribution >= 0.6 is 11.3 Å². The summed E-state index contributed by atoms with van der Waals surface area (Å²) in [5.74, 6) is 0. The molecule has 0 spiro atoms. The van der Waals surface area contributed by atoms with Gasteiger partial charge >= 0.3 is 4.96 Å². The van der Waals surface area contributed by atoms with Crippen LogP contribution in [-0.2, 0) is 6.54 Å². The Labute approximate surface area is 98.1 Å². The standard InChI is InChI=1S/C13H13N2S/c1-3-8-14-11-6-4-5-7-12(11)15-10(2)9-16-13(14)15/h3-7,9H,1,8H2,2H3/q+1. The van der Waals surface area contributed by atoms with Crippen LogP contribution in [0.25, 0.3) is 16.0 Å². The molecule has 3 aromatic rings. The van der Waals surface area contributed by atoms with Crippen LogP contribution in [0.15, 0.2) is 42.3 Å². The van der Waals surface area contributed by atoms with Gasteiger partial charge in [0.15, 0.2) is 11.0 Å². The molecule has 0 atom stereocenters. The lowest BCUT2D eigenvalue weighted by atomic mass is 10.3. The molecule has 0 bridgehead atoms. The van der Waals surface area contributed by atoms with Crippen molar-refractivity contribution < 1.29 is 4.57 Å². The van der Waals surface area contributed by atoms with Crippen molar-refractivity contribution >= 4 is 27.3 Å². The minimum Gasteiger partial charge on any atom is -0.210 e. The number of para-hydroxylation sites is 2. The highest BCUT2D eigenvalue weighted by Crippen LogP contribution is 2.21. The first-order chi connectivity index (χ1) is 7.83. The lowest BCUT2D eigenvalue weighted by Crippen LogP contribution is -2.31. The van der Waals surface area contributed by atoms with Crippen LogP contribution in [0.2, 0.25) is 0 Å². The number of imidazole rings is 1. The van der Waals surface area contributed by atoms with Crippen molar-refractivity contribution in [2.45, 2.75) is 13.5 Å². The highest BCUT2D eigenvalue weighted by atomic mass is 32.1. The number of rotatable bonds is 2. The molecule has 0 unspecified atom stereocenters. The second-order valence-electron chi connectivity index (χ2n) is 3.88. The summed E-state index contributed by atoms with van der Waals surface area (Å²) < 4.78 is 4.61. The van der Waals surface area contributed by atoms with Crippen molar-refractivity contribution in [3.63, 3.8) is 0 Å². The van der Waals surface area contributed by atoms with Crippen LogP contribution in [0.1, 0.15) is 5.69 Å². The summed E-state index contributed by atoms with van der Waals surface area (Å²) in [6.07, 6.45) is 1.95. The van der Waals surface area contributed by atoms with Crippen LogP contribution in [0.3, 0.4) is 0 Å². The summed E-state index contributed by atoms with van der Waals surface area (Å²) in [6, 6.07) is 8.51. The van der Waals surface area contributed by atoms with Gasteiger partial charge in [0, 0.05) is 5.38 Å². The van der Waals surface area contributed by atoms with E-state index in [1.165, 1.54) is 21.7 Å². The Morgan fingerprint density at radius 3 is 3.06 bits per heavy atom. The van der Waals surface area contributed by atoms with Crippen LogP contribution in [-0.4, -0.2) is 4.40 Å². The highest BCUT2D eigenvalue weighted by Gasteiger charge is 2.20. The first-order valence-corrected chi connectivity index (χ1v) is 6.19. The maximum atomic E-state index is 3.83. The average Bonchev–Trinajstić information content (AvgIpc) is 2.81. The van der Waals surface area contributed by atoms with Gasteiger partial charge in [-0.2, -0.15) is 4.40 Å². The molecule has 2 heterocycles. The Hall–Kier alpha value is -1.61. The Morgan fingerprint density at radius 2 is 2.25 bits per heavy atom. The molecule has 0 N–H and O–H groups in total. The SMILES string of the molecule is C=CC[n+]1c2ccccc2n2c(C)csc21. The van der Waals surface area contributed by atoms with Gasteiger partial charge in [0.1, 0.15) is 12.2 Å². The van der Waals surface area contributed by atoms with Crippen molar-refractivity contribution in [2.75, 3.05) is 0 Å². The molecule has 0 aliphatic rings. The van der Waals surface area contributed by atoms with Gasteiger partial charge in [0.05, 0.1) is 0 Å². The maximum absolute atomic E-state index is 3.83. The molecule has 80 valence electrons. The van der Waals surface area contributed by atoms with Gasteiger partial charge in [0.2, 0.25) is 0 Å². The molecule has 1 aromatic carbocycles. The second-order valence-corrected chi connectivity index (χ2v) is 4.72. The third-order valence-corrected chi connectivity index (χ3v) is 3.91.